The minimum atomic E-state index is -7.99. The highest BCUT2D eigenvalue weighted by Gasteiger charge is 2.90. The Balaban J connectivity index is 5.42. The van der Waals surface area contributed by atoms with E-state index >= 15 is 0 Å². The van der Waals surface area contributed by atoms with E-state index in [1.807, 2.05) is 0 Å². The molecule has 0 fully saturated rings. The molecule has 0 aromatic carbocycles. The standard InChI is InChI=1S/C13H11F13O4/c14-8(15,4-5-30-7(29)3-1-2-6(27)28)9(16,17)10(18,19)11(20,21)12(22,23)13(24,25)26/h1-5H2,(H,27,28)/p-1. The summed E-state index contributed by atoms with van der Waals surface area (Å²) in [5, 5.41) is 10.0. The summed E-state index contributed by atoms with van der Waals surface area (Å²) in [5.74, 6) is -40.7. The Morgan fingerprint density at radius 3 is 1.50 bits per heavy atom. The lowest BCUT2D eigenvalue weighted by atomic mass is 9.93. The zero-order valence-corrected chi connectivity index (χ0v) is 14.1. The Bertz CT molecular complexity index is 627. The summed E-state index contributed by atoms with van der Waals surface area (Å²) in [5.41, 5.74) is 0. The Labute approximate surface area is 158 Å². The number of esters is 1. The summed E-state index contributed by atoms with van der Waals surface area (Å²) >= 11 is 0. The zero-order chi connectivity index (χ0) is 24.4. The van der Waals surface area contributed by atoms with E-state index in [2.05, 4.69) is 4.74 Å². The molecule has 0 heterocycles. The first-order valence-corrected chi connectivity index (χ1v) is 7.37. The van der Waals surface area contributed by atoms with Crippen molar-refractivity contribution in [3.05, 3.63) is 0 Å². The number of carboxylic acids is 1. The molecule has 0 spiro atoms. The van der Waals surface area contributed by atoms with E-state index < -0.39 is 80.0 Å². The maximum Gasteiger partial charge on any atom is 0.460 e. The van der Waals surface area contributed by atoms with Gasteiger partial charge in [-0.05, 0) is 12.8 Å². The molecule has 0 rings (SSSR count). The van der Waals surface area contributed by atoms with E-state index in [1.54, 1.807) is 0 Å². The normalized spacial score (nSPS) is 14.6. The minimum absolute atomic E-state index is 0.482. The smallest absolute Gasteiger partial charge is 0.460 e. The van der Waals surface area contributed by atoms with Crippen molar-refractivity contribution in [2.75, 3.05) is 6.61 Å². The van der Waals surface area contributed by atoms with Crippen molar-refractivity contribution in [2.45, 2.75) is 61.5 Å². The lowest BCUT2D eigenvalue weighted by Crippen LogP contribution is -2.70. The maximum absolute atomic E-state index is 13.4. The molecular weight excluding hydrogens is 467 g/mol. The Hall–Kier alpha value is -1.97. The number of halogens is 13. The van der Waals surface area contributed by atoms with Crippen LogP contribution in [0.1, 0.15) is 25.7 Å². The molecule has 0 saturated carbocycles. The van der Waals surface area contributed by atoms with Gasteiger partial charge in [0.25, 0.3) is 0 Å². The van der Waals surface area contributed by atoms with Crippen molar-refractivity contribution in [1.29, 1.82) is 0 Å². The number of carboxylic acid groups (broad SMARTS) is 1. The van der Waals surface area contributed by atoms with E-state index in [0.29, 0.717) is 0 Å². The van der Waals surface area contributed by atoms with Crippen LogP contribution in [0.3, 0.4) is 0 Å². The SMILES string of the molecule is O=C([O-])CCCC(=O)OCCC(F)(F)C(F)(F)C(F)(F)C(F)(F)C(F)(F)C(F)(F)F. The van der Waals surface area contributed by atoms with Crippen molar-refractivity contribution >= 4 is 11.9 Å². The molecule has 0 aliphatic carbocycles. The third-order valence-electron chi connectivity index (χ3n) is 3.44. The van der Waals surface area contributed by atoms with E-state index in [0.717, 1.165) is 0 Å². The van der Waals surface area contributed by atoms with Crippen LogP contribution in [0.25, 0.3) is 0 Å². The number of hydrogen-bond donors (Lipinski definition) is 0. The third kappa shape index (κ3) is 5.19. The molecular formula is C13H10F13O4-. The average Bonchev–Trinajstić information content (AvgIpc) is 2.52. The Morgan fingerprint density at radius 2 is 1.10 bits per heavy atom. The molecule has 0 saturated heterocycles. The molecule has 0 aliphatic rings. The van der Waals surface area contributed by atoms with Crippen LogP contribution in [0.2, 0.25) is 0 Å². The van der Waals surface area contributed by atoms with Crippen LogP contribution >= 0.6 is 0 Å². The van der Waals surface area contributed by atoms with Gasteiger partial charge < -0.3 is 14.6 Å². The maximum atomic E-state index is 13.4. The molecule has 0 aliphatic heterocycles. The van der Waals surface area contributed by atoms with Crippen LogP contribution in [0.4, 0.5) is 57.1 Å². The van der Waals surface area contributed by atoms with Crippen LogP contribution in [0.5, 0.6) is 0 Å². The van der Waals surface area contributed by atoms with Gasteiger partial charge in [0.15, 0.2) is 0 Å². The molecule has 0 aromatic heterocycles. The Morgan fingerprint density at radius 1 is 0.667 bits per heavy atom. The van der Waals surface area contributed by atoms with Gasteiger partial charge in [-0.2, -0.15) is 57.1 Å². The molecule has 0 radical (unpaired) electrons. The van der Waals surface area contributed by atoms with Gasteiger partial charge in [-0.15, -0.1) is 0 Å². The quantitative estimate of drug-likeness (QED) is 0.337. The number of ether oxygens (including phenoxy) is 1. The van der Waals surface area contributed by atoms with E-state index in [1.165, 1.54) is 0 Å². The van der Waals surface area contributed by atoms with Gasteiger partial charge in [-0.1, -0.05) is 0 Å². The molecule has 0 bridgehead atoms. The van der Waals surface area contributed by atoms with Gasteiger partial charge in [-0.25, -0.2) is 0 Å². The summed E-state index contributed by atoms with van der Waals surface area (Å²) in [7, 11) is 0. The first-order chi connectivity index (χ1) is 13.1. The van der Waals surface area contributed by atoms with Crippen LogP contribution in [-0.4, -0.2) is 54.3 Å². The van der Waals surface area contributed by atoms with Crippen LogP contribution in [-0.2, 0) is 14.3 Å². The van der Waals surface area contributed by atoms with Gasteiger partial charge in [-0.3, -0.25) is 4.79 Å². The average molecular weight is 477 g/mol. The molecule has 4 nitrogen and oxygen atoms in total. The number of alkyl halides is 13. The second-order valence-corrected chi connectivity index (χ2v) is 5.70. The Kier molecular flexibility index (Phi) is 8.08. The molecule has 0 atom stereocenters. The summed E-state index contributed by atoms with van der Waals surface area (Å²) in [4.78, 5) is 21.0. The number of carbonyl (C=O) groups is 2. The van der Waals surface area contributed by atoms with Gasteiger partial charge in [0.1, 0.15) is 0 Å². The first kappa shape index (κ1) is 28.0. The van der Waals surface area contributed by atoms with Crippen molar-refractivity contribution in [3.63, 3.8) is 0 Å². The zero-order valence-electron chi connectivity index (χ0n) is 14.1. The van der Waals surface area contributed by atoms with Gasteiger partial charge in [0.05, 0.1) is 13.0 Å². The number of carbonyl (C=O) groups excluding carboxylic acids is 2. The second kappa shape index (κ2) is 8.64. The fraction of sp³-hybridized carbons (Fsp3) is 0.846. The van der Waals surface area contributed by atoms with E-state index in [9.17, 15) is 71.8 Å². The second-order valence-electron chi connectivity index (χ2n) is 5.70. The van der Waals surface area contributed by atoms with Crippen LogP contribution in [0, 0.1) is 0 Å². The fourth-order valence-electron chi connectivity index (χ4n) is 1.70. The van der Waals surface area contributed by atoms with Gasteiger partial charge in [0, 0.05) is 12.4 Å². The summed E-state index contributed by atoms with van der Waals surface area (Å²) in [6.45, 7) is -1.87. The molecule has 0 aromatic rings. The van der Waals surface area contributed by atoms with E-state index in [4.69, 9.17) is 0 Å². The highest BCUT2D eigenvalue weighted by molar-refractivity contribution is 5.70. The molecule has 17 heteroatoms. The number of aliphatic carboxylic acids is 1. The third-order valence-corrected chi connectivity index (χ3v) is 3.44. The molecule has 0 unspecified atom stereocenters. The van der Waals surface area contributed by atoms with Crippen molar-refractivity contribution < 1.29 is 76.5 Å². The predicted molar refractivity (Wildman–Crippen MR) is 65.2 cm³/mol. The molecule has 30 heavy (non-hydrogen) atoms. The monoisotopic (exact) mass is 477 g/mol. The highest BCUT2D eigenvalue weighted by atomic mass is 19.4. The van der Waals surface area contributed by atoms with Crippen molar-refractivity contribution in [2.24, 2.45) is 0 Å². The fourth-order valence-corrected chi connectivity index (χ4v) is 1.70. The van der Waals surface area contributed by atoms with Crippen LogP contribution in [0.15, 0.2) is 0 Å². The van der Waals surface area contributed by atoms with Crippen molar-refractivity contribution in [1.82, 2.24) is 0 Å². The summed E-state index contributed by atoms with van der Waals surface area (Å²) in [6, 6.07) is 0. The predicted octanol–water partition coefficient (Wildman–Crippen LogP) is 3.58. The summed E-state index contributed by atoms with van der Waals surface area (Å²) in [6.07, 6.45) is -12.2. The van der Waals surface area contributed by atoms with Gasteiger partial charge in [0.2, 0.25) is 0 Å². The topological polar surface area (TPSA) is 66.4 Å². The largest absolute Gasteiger partial charge is 0.550 e. The molecule has 0 amide bonds. The van der Waals surface area contributed by atoms with E-state index in [-0.39, 0.29) is 0 Å². The molecule has 0 N–H and O–H groups in total. The lowest BCUT2D eigenvalue weighted by Gasteiger charge is -2.39. The van der Waals surface area contributed by atoms with Crippen molar-refractivity contribution in [3.8, 4) is 0 Å². The molecule has 178 valence electrons. The number of rotatable bonds is 11. The lowest BCUT2D eigenvalue weighted by molar-refractivity contribution is -0.440. The first-order valence-electron chi connectivity index (χ1n) is 7.37. The highest BCUT2D eigenvalue weighted by Crippen LogP contribution is 2.60. The number of hydrogen-bond acceptors (Lipinski definition) is 4. The summed E-state index contributed by atoms with van der Waals surface area (Å²) < 4.78 is 170. The minimum Gasteiger partial charge on any atom is -0.550 e. The van der Waals surface area contributed by atoms with Crippen LogP contribution < -0.4 is 5.11 Å². The van der Waals surface area contributed by atoms with Gasteiger partial charge >= 0.3 is 41.8 Å².